The van der Waals surface area contributed by atoms with Crippen LogP contribution in [0.15, 0.2) is 60.5 Å². The van der Waals surface area contributed by atoms with Crippen molar-refractivity contribution in [3.05, 3.63) is 60.5 Å². The van der Waals surface area contributed by atoms with Crippen LogP contribution in [-0.4, -0.2) is 67.3 Å². The van der Waals surface area contributed by atoms with E-state index in [1.807, 2.05) is 49.9 Å². The van der Waals surface area contributed by atoms with Gasteiger partial charge in [0.1, 0.15) is 29.3 Å². The van der Waals surface area contributed by atoms with Gasteiger partial charge in [-0.15, -0.1) is 11.3 Å². The largest absolute Gasteiger partial charge is 0.491 e. The van der Waals surface area contributed by atoms with Gasteiger partial charge in [0, 0.05) is 36.3 Å². The first kappa shape index (κ1) is 21.4. The van der Waals surface area contributed by atoms with Gasteiger partial charge in [0.15, 0.2) is 11.5 Å². The standard InChI is InChI=1S/C25H22N8OS/c1-33(2)7-8-34-17-10-15(12-26-14-17)16-11-18-21(31-32-24(18)28-13-16)25-29-19-5-6-27-23(22(19)30-25)20-4-3-9-35-20/h3-6,9-14H,7-8H2,1-2H3,(H,29,30)(H,28,31,32). The fraction of sp³-hybridized carbons (Fsp3) is 0.160. The number of nitrogens with zero attached hydrogens (tertiary/aromatic N) is 6. The van der Waals surface area contributed by atoms with E-state index in [9.17, 15) is 0 Å². The molecule has 0 saturated carbocycles. The van der Waals surface area contributed by atoms with E-state index in [-0.39, 0.29) is 0 Å². The maximum Gasteiger partial charge on any atom is 0.181 e. The second-order valence-electron chi connectivity index (χ2n) is 8.37. The summed E-state index contributed by atoms with van der Waals surface area (Å²) in [5, 5.41) is 10.4. The van der Waals surface area contributed by atoms with E-state index < -0.39 is 0 Å². The third-order valence-electron chi connectivity index (χ3n) is 5.66. The Hall–Kier alpha value is -4.15. The molecule has 0 aliphatic heterocycles. The summed E-state index contributed by atoms with van der Waals surface area (Å²) >= 11 is 1.64. The monoisotopic (exact) mass is 482 g/mol. The Balaban J connectivity index is 1.38. The van der Waals surface area contributed by atoms with Gasteiger partial charge >= 0.3 is 0 Å². The summed E-state index contributed by atoms with van der Waals surface area (Å²) in [6, 6.07) is 10.0. The summed E-state index contributed by atoms with van der Waals surface area (Å²) in [5.74, 6) is 1.41. The van der Waals surface area contributed by atoms with E-state index in [2.05, 4.69) is 41.1 Å². The molecule has 0 aliphatic rings. The molecule has 10 heteroatoms. The van der Waals surface area contributed by atoms with E-state index in [0.29, 0.717) is 18.1 Å². The van der Waals surface area contributed by atoms with E-state index in [4.69, 9.17) is 9.72 Å². The van der Waals surface area contributed by atoms with Crippen molar-refractivity contribution in [1.82, 2.24) is 40.0 Å². The van der Waals surface area contributed by atoms with Crippen molar-refractivity contribution in [2.75, 3.05) is 27.2 Å². The Morgan fingerprint density at radius 3 is 2.83 bits per heavy atom. The van der Waals surface area contributed by atoms with Crippen molar-refractivity contribution < 1.29 is 4.74 Å². The minimum absolute atomic E-state index is 0.593. The number of imidazole rings is 1. The molecular formula is C25H22N8OS. The van der Waals surface area contributed by atoms with Gasteiger partial charge in [0.05, 0.1) is 22.0 Å². The lowest BCUT2D eigenvalue weighted by Crippen LogP contribution is -2.19. The Labute approximate surface area is 204 Å². The smallest absolute Gasteiger partial charge is 0.181 e. The molecule has 0 atom stereocenters. The minimum atomic E-state index is 0.593. The van der Waals surface area contributed by atoms with E-state index in [1.165, 1.54) is 0 Å². The van der Waals surface area contributed by atoms with Gasteiger partial charge in [0.25, 0.3) is 0 Å². The van der Waals surface area contributed by atoms with Crippen molar-refractivity contribution in [2.45, 2.75) is 0 Å². The van der Waals surface area contributed by atoms with E-state index in [0.717, 1.165) is 56.1 Å². The summed E-state index contributed by atoms with van der Waals surface area (Å²) in [6.45, 7) is 1.42. The fourth-order valence-electron chi connectivity index (χ4n) is 3.89. The van der Waals surface area contributed by atoms with E-state index in [1.54, 1.807) is 29.9 Å². The number of likely N-dealkylation sites (N-methyl/N-ethyl adjacent to an activating group) is 1. The third-order valence-corrected chi connectivity index (χ3v) is 6.53. The summed E-state index contributed by atoms with van der Waals surface area (Å²) in [7, 11) is 4.03. The van der Waals surface area contributed by atoms with Crippen molar-refractivity contribution in [2.24, 2.45) is 0 Å². The lowest BCUT2D eigenvalue weighted by molar-refractivity contribution is 0.261. The SMILES string of the molecule is CN(C)CCOc1cncc(-c2cnc3n[nH]c(-c4nc5c(-c6cccs6)nccc5[nH]4)c3c2)c1. The van der Waals surface area contributed by atoms with Crippen LogP contribution in [0.4, 0.5) is 0 Å². The quantitative estimate of drug-likeness (QED) is 0.342. The molecule has 0 fully saturated rings. The van der Waals surface area contributed by atoms with Crippen LogP contribution in [0.1, 0.15) is 0 Å². The van der Waals surface area contributed by atoms with Crippen LogP contribution in [0, 0.1) is 0 Å². The molecule has 6 heterocycles. The first-order chi connectivity index (χ1) is 17.2. The highest BCUT2D eigenvalue weighted by atomic mass is 32.1. The predicted molar refractivity (Wildman–Crippen MR) is 137 cm³/mol. The maximum absolute atomic E-state index is 5.86. The van der Waals surface area contributed by atoms with Crippen LogP contribution in [0.2, 0.25) is 0 Å². The fourth-order valence-corrected chi connectivity index (χ4v) is 4.61. The highest BCUT2D eigenvalue weighted by Gasteiger charge is 2.17. The second kappa shape index (κ2) is 8.90. The van der Waals surface area contributed by atoms with Gasteiger partial charge < -0.3 is 14.6 Å². The van der Waals surface area contributed by atoms with E-state index >= 15 is 0 Å². The number of ether oxygens (including phenoxy) is 1. The second-order valence-corrected chi connectivity index (χ2v) is 9.32. The molecule has 0 bridgehead atoms. The summed E-state index contributed by atoms with van der Waals surface area (Å²) < 4.78 is 5.86. The van der Waals surface area contributed by atoms with Crippen LogP contribution < -0.4 is 4.74 Å². The number of hydrogen-bond acceptors (Lipinski definition) is 8. The number of aromatic nitrogens is 7. The molecule has 0 unspecified atom stereocenters. The van der Waals surface area contributed by atoms with Crippen LogP contribution in [0.25, 0.3) is 55.3 Å². The molecule has 6 rings (SSSR count). The summed E-state index contributed by atoms with van der Waals surface area (Å²) in [6.07, 6.45) is 7.12. The normalized spacial score (nSPS) is 11.6. The molecular weight excluding hydrogens is 460 g/mol. The zero-order chi connectivity index (χ0) is 23.8. The van der Waals surface area contributed by atoms with Crippen molar-refractivity contribution in [1.29, 1.82) is 0 Å². The average molecular weight is 483 g/mol. The van der Waals surface area contributed by atoms with Crippen LogP contribution >= 0.6 is 11.3 Å². The van der Waals surface area contributed by atoms with Crippen molar-refractivity contribution >= 4 is 33.4 Å². The minimum Gasteiger partial charge on any atom is -0.491 e. The van der Waals surface area contributed by atoms with Gasteiger partial charge in [-0.25, -0.2) is 9.97 Å². The average Bonchev–Trinajstić information content (AvgIpc) is 3.62. The lowest BCUT2D eigenvalue weighted by Gasteiger charge is -2.11. The number of fused-ring (bicyclic) bond motifs is 2. The number of rotatable bonds is 7. The van der Waals surface area contributed by atoms with Gasteiger partial charge in [-0.05, 0) is 43.7 Å². The van der Waals surface area contributed by atoms with Crippen molar-refractivity contribution in [3.63, 3.8) is 0 Å². The first-order valence-corrected chi connectivity index (χ1v) is 12.0. The molecule has 9 nitrogen and oxygen atoms in total. The van der Waals surface area contributed by atoms with Gasteiger partial charge in [-0.1, -0.05) is 6.07 Å². The Morgan fingerprint density at radius 2 is 1.97 bits per heavy atom. The first-order valence-electron chi connectivity index (χ1n) is 11.1. The molecule has 0 spiro atoms. The molecule has 0 radical (unpaired) electrons. The molecule has 0 aromatic carbocycles. The zero-order valence-corrected chi connectivity index (χ0v) is 20.0. The lowest BCUT2D eigenvalue weighted by atomic mass is 10.1. The molecule has 0 aliphatic carbocycles. The Bertz CT molecular complexity index is 1620. The molecule has 0 amide bonds. The van der Waals surface area contributed by atoms with Crippen LogP contribution in [0.3, 0.4) is 0 Å². The van der Waals surface area contributed by atoms with Gasteiger partial charge in [0.2, 0.25) is 0 Å². The number of nitrogens with one attached hydrogen (secondary N) is 2. The molecule has 35 heavy (non-hydrogen) atoms. The van der Waals surface area contributed by atoms with Gasteiger partial charge in [-0.3, -0.25) is 15.1 Å². The summed E-state index contributed by atoms with van der Waals surface area (Å²) in [5.41, 5.74) is 5.83. The highest BCUT2D eigenvalue weighted by Crippen LogP contribution is 2.33. The predicted octanol–water partition coefficient (Wildman–Crippen LogP) is 4.63. The topological polar surface area (TPSA) is 108 Å². The highest BCUT2D eigenvalue weighted by molar-refractivity contribution is 7.13. The Kier molecular flexibility index (Phi) is 5.44. The number of aromatic amines is 2. The molecule has 0 saturated heterocycles. The molecule has 174 valence electrons. The van der Waals surface area contributed by atoms with Crippen molar-refractivity contribution in [3.8, 4) is 39.0 Å². The number of hydrogen-bond donors (Lipinski definition) is 2. The number of thiophene rings is 1. The Morgan fingerprint density at radius 1 is 1.06 bits per heavy atom. The molecule has 6 aromatic rings. The number of H-pyrrole nitrogens is 2. The maximum atomic E-state index is 5.86. The van der Waals surface area contributed by atoms with Crippen LogP contribution in [-0.2, 0) is 0 Å². The summed E-state index contributed by atoms with van der Waals surface area (Å²) in [4.78, 5) is 24.9. The van der Waals surface area contributed by atoms with Crippen LogP contribution in [0.5, 0.6) is 5.75 Å². The third kappa shape index (κ3) is 4.13. The number of pyridine rings is 3. The molecule has 2 N–H and O–H groups in total. The zero-order valence-electron chi connectivity index (χ0n) is 19.2. The molecule has 6 aromatic heterocycles. The van der Waals surface area contributed by atoms with Gasteiger partial charge in [-0.2, -0.15) is 5.10 Å².